The molecular weight excluding hydrogens is 283 g/mol. The smallest absolute Gasteiger partial charge is 0.190 e. The van der Waals surface area contributed by atoms with Crippen molar-refractivity contribution in [3.8, 4) is 0 Å². The number of ether oxygens (including phenoxy) is 1. The molecule has 19 heavy (non-hydrogen) atoms. The molecule has 4 heteroatoms. The number of ketones is 1. The molecule has 1 aromatic rings. The summed E-state index contributed by atoms with van der Waals surface area (Å²) in [5.74, 6) is 0.0585. The Balaban J connectivity index is 1.74. The minimum atomic E-state index is -0.520. The molecule has 2 atom stereocenters. The van der Waals surface area contributed by atoms with Crippen molar-refractivity contribution in [1.82, 2.24) is 0 Å². The van der Waals surface area contributed by atoms with Crippen LogP contribution in [0.1, 0.15) is 31.2 Å². The van der Waals surface area contributed by atoms with Crippen LogP contribution >= 0.6 is 23.2 Å². The van der Waals surface area contributed by atoms with Crippen LogP contribution in [0.2, 0.25) is 10.0 Å². The Morgan fingerprint density at radius 1 is 1.37 bits per heavy atom. The van der Waals surface area contributed by atoms with Crippen LogP contribution < -0.4 is 0 Å². The Morgan fingerprint density at radius 2 is 2.21 bits per heavy atom. The second-order valence-electron chi connectivity index (χ2n) is 5.11. The van der Waals surface area contributed by atoms with Gasteiger partial charge in [-0.3, -0.25) is 4.79 Å². The van der Waals surface area contributed by atoms with E-state index in [1.807, 2.05) is 0 Å². The summed E-state index contributed by atoms with van der Waals surface area (Å²) in [5, 5.41) is 1.14. The quantitative estimate of drug-likeness (QED) is 0.615. The van der Waals surface area contributed by atoms with Crippen molar-refractivity contribution in [2.45, 2.75) is 37.4 Å². The van der Waals surface area contributed by atoms with Gasteiger partial charge in [0.1, 0.15) is 0 Å². The van der Waals surface area contributed by atoms with Crippen molar-refractivity contribution in [1.29, 1.82) is 0 Å². The van der Waals surface area contributed by atoms with Crippen molar-refractivity contribution >= 4 is 35.1 Å². The van der Waals surface area contributed by atoms with Crippen molar-refractivity contribution in [2.75, 3.05) is 0 Å². The molecule has 0 N–H and O–H groups in total. The third-order valence-electron chi connectivity index (χ3n) is 3.87. The van der Waals surface area contributed by atoms with Crippen LogP contribution in [0.4, 0.5) is 0 Å². The number of hydrogen-bond donors (Lipinski definition) is 0. The lowest BCUT2D eigenvalue weighted by molar-refractivity contribution is -0.119. The van der Waals surface area contributed by atoms with Crippen molar-refractivity contribution in [2.24, 2.45) is 0 Å². The van der Waals surface area contributed by atoms with E-state index >= 15 is 0 Å². The Morgan fingerprint density at radius 3 is 2.95 bits per heavy atom. The van der Waals surface area contributed by atoms with E-state index in [9.17, 15) is 4.79 Å². The number of hydrogen-bond acceptors (Lipinski definition) is 2. The zero-order valence-electron chi connectivity index (χ0n) is 10.4. The lowest BCUT2D eigenvalue weighted by Crippen LogP contribution is -2.28. The molecular formula is C15H14Cl2O2. The van der Waals surface area contributed by atoms with Crippen LogP contribution in [0.15, 0.2) is 24.3 Å². The summed E-state index contributed by atoms with van der Waals surface area (Å²) in [6.45, 7) is 0. The van der Waals surface area contributed by atoms with E-state index in [1.165, 1.54) is 0 Å². The molecule has 1 saturated heterocycles. The number of halogens is 2. The molecule has 2 aliphatic rings. The molecule has 2 nitrogen and oxygen atoms in total. The first kappa shape index (κ1) is 13.2. The summed E-state index contributed by atoms with van der Waals surface area (Å²) in [7, 11) is 0. The molecule has 2 fully saturated rings. The molecule has 0 amide bonds. The molecule has 0 aromatic heterocycles. The summed E-state index contributed by atoms with van der Waals surface area (Å²) in [4.78, 5) is 12.2. The lowest BCUT2D eigenvalue weighted by atomic mass is 9.86. The predicted octanol–water partition coefficient (Wildman–Crippen LogP) is 4.29. The molecule has 0 unspecified atom stereocenters. The first-order chi connectivity index (χ1) is 9.12. The van der Waals surface area contributed by atoms with Gasteiger partial charge >= 0.3 is 0 Å². The molecule has 3 rings (SSSR count). The zero-order chi connectivity index (χ0) is 13.5. The van der Waals surface area contributed by atoms with E-state index in [4.69, 9.17) is 27.9 Å². The average Bonchev–Trinajstić information content (AvgIpc) is 3.13. The van der Waals surface area contributed by atoms with Crippen LogP contribution in [0.5, 0.6) is 0 Å². The molecule has 1 aromatic carbocycles. The van der Waals surface area contributed by atoms with Gasteiger partial charge in [0.2, 0.25) is 0 Å². The van der Waals surface area contributed by atoms with Gasteiger partial charge in [0.25, 0.3) is 0 Å². The van der Waals surface area contributed by atoms with Crippen molar-refractivity contribution in [3.05, 3.63) is 39.9 Å². The number of carbonyl (C=O) groups is 1. The van der Waals surface area contributed by atoms with Crippen LogP contribution in [0, 0.1) is 0 Å². The molecule has 1 aliphatic carbocycles. The number of benzene rings is 1. The maximum atomic E-state index is 12.2. The van der Waals surface area contributed by atoms with Gasteiger partial charge < -0.3 is 4.74 Å². The van der Waals surface area contributed by atoms with Gasteiger partial charge in [-0.15, -0.1) is 0 Å². The summed E-state index contributed by atoms with van der Waals surface area (Å²) in [5.41, 5.74) is 0.275. The van der Waals surface area contributed by atoms with Gasteiger partial charge in [-0.05, 0) is 49.1 Å². The van der Waals surface area contributed by atoms with Gasteiger partial charge in [-0.1, -0.05) is 35.7 Å². The lowest BCUT2D eigenvalue weighted by Gasteiger charge is -2.13. The van der Waals surface area contributed by atoms with E-state index in [1.54, 1.807) is 30.4 Å². The Hall–Kier alpha value is -0.830. The van der Waals surface area contributed by atoms with E-state index in [0.29, 0.717) is 10.0 Å². The summed E-state index contributed by atoms with van der Waals surface area (Å²) in [6.07, 6.45) is 7.53. The van der Waals surface area contributed by atoms with Crippen LogP contribution in [-0.4, -0.2) is 17.5 Å². The fraction of sp³-hybridized carbons (Fsp3) is 0.400. The van der Waals surface area contributed by atoms with Crippen molar-refractivity contribution in [3.63, 3.8) is 0 Å². The normalized spacial score (nSPS) is 29.3. The number of rotatable bonds is 3. The van der Waals surface area contributed by atoms with Crippen molar-refractivity contribution < 1.29 is 9.53 Å². The SMILES string of the molecule is O=C(/C=C/c1ccc(Cl)cc1Cl)[C@@]12CCCC[C@@H]1O2. The minimum absolute atomic E-state index is 0.0585. The first-order valence-electron chi connectivity index (χ1n) is 6.47. The van der Waals surface area contributed by atoms with E-state index < -0.39 is 5.60 Å². The highest BCUT2D eigenvalue weighted by molar-refractivity contribution is 6.35. The van der Waals surface area contributed by atoms with Crippen LogP contribution in [-0.2, 0) is 9.53 Å². The number of fused-ring (bicyclic) bond motifs is 1. The highest BCUT2D eigenvalue weighted by Crippen LogP contribution is 2.48. The Kier molecular flexibility index (Phi) is 3.42. The zero-order valence-corrected chi connectivity index (χ0v) is 11.9. The fourth-order valence-electron chi connectivity index (χ4n) is 2.73. The van der Waals surface area contributed by atoms with Gasteiger partial charge in [0.05, 0.1) is 6.10 Å². The van der Waals surface area contributed by atoms with Gasteiger partial charge in [0, 0.05) is 10.0 Å². The third kappa shape index (κ3) is 2.45. The van der Waals surface area contributed by atoms with E-state index in [2.05, 4.69) is 0 Å². The Bertz CT molecular complexity index is 553. The monoisotopic (exact) mass is 296 g/mol. The first-order valence-corrected chi connectivity index (χ1v) is 7.23. The second-order valence-corrected chi connectivity index (χ2v) is 5.95. The highest BCUT2D eigenvalue weighted by atomic mass is 35.5. The molecule has 1 saturated carbocycles. The summed E-state index contributed by atoms with van der Waals surface area (Å²) in [6, 6.07) is 5.23. The maximum Gasteiger partial charge on any atom is 0.190 e. The standard InChI is InChI=1S/C15H14Cl2O2/c16-11-6-4-10(12(17)9-11)5-7-13(18)15-8-2-1-3-14(15)19-15/h4-7,9,14H,1-3,8H2/b7-5+/t14-,15-/m0/s1. The minimum Gasteiger partial charge on any atom is -0.357 e. The molecule has 1 heterocycles. The molecule has 0 bridgehead atoms. The Labute approximate surface area is 122 Å². The number of epoxide rings is 1. The van der Waals surface area contributed by atoms with E-state index in [0.717, 1.165) is 31.2 Å². The van der Waals surface area contributed by atoms with E-state index in [-0.39, 0.29) is 11.9 Å². The largest absolute Gasteiger partial charge is 0.357 e. The average molecular weight is 297 g/mol. The van der Waals surface area contributed by atoms with Gasteiger partial charge in [-0.2, -0.15) is 0 Å². The predicted molar refractivity (Wildman–Crippen MR) is 76.6 cm³/mol. The molecule has 1 aliphatic heterocycles. The molecule has 100 valence electrons. The third-order valence-corrected chi connectivity index (χ3v) is 4.44. The van der Waals surface area contributed by atoms with Crippen LogP contribution in [0.3, 0.4) is 0 Å². The topological polar surface area (TPSA) is 29.6 Å². The van der Waals surface area contributed by atoms with Gasteiger partial charge in [-0.25, -0.2) is 0 Å². The number of carbonyl (C=O) groups excluding carboxylic acids is 1. The molecule has 0 spiro atoms. The summed E-state index contributed by atoms with van der Waals surface area (Å²) < 4.78 is 5.61. The highest BCUT2D eigenvalue weighted by Gasteiger charge is 2.61. The fourth-order valence-corrected chi connectivity index (χ4v) is 3.20. The molecule has 0 radical (unpaired) electrons. The summed E-state index contributed by atoms with van der Waals surface area (Å²) >= 11 is 11.9. The maximum absolute atomic E-state index is 12.2. The van der Waals surface area contributed by atoms with Gasteiger partial charge in [0.15, 0.2) is 11.4 Å². The second kappa shape index (κ2) is 4.93. The van der Waals surface area contributed by atoms with Crippen LogP contribution in [0.25, 0.3) is 6.08 Å².